The van der Waals surface area contributed by atoms with Gasteiger partial charge in [-0.1, -0.05) is 28.5 Å². The second-order valence-corrected chi connectivity index (χ2v) is 4.48. The van der Waals surface area contributed by atoms with E-state index in [-0.39, 0.29) is 15.9 Å². The van der Waals surface area contributed by atoms with Crippen LogP contribution in [0.1, 0.15) is 0 Å². The topological polar surface area (TPSA) is 84.9 Å². The van der Waals surface area contributed by atoms with Crippen LogP contribution in [0.2, 0.25) is 5.02 Å². The van der Waals surface area contributed by atoms with Crippen LogP contribution in [-0.4, -0.2) is 21.6 Å². The van der Waals surface area contributed by atoms with Gasteiger partial charge in [0.2, 0.25) is 0 Å². The summed E-state index contributed by atoms with van der Waals surface area (Å²) in [6, 6.07) is 4.47. The maximum atomic E-state index is 9.21. The van der Waals surface area contributed by atoms with Crippen LogP contribution in [0.5, 0.6) is 5.75 Å². The Morgan fingerprint density at radius 3 is 2.88 bits per heavy atom. The summed E-state index contributed by atoms with van der Waals surface area (Å²) in [5.41, 5.74) is 6.00. The van der Waals surface area contributed by atoms with Gasteiger partial charge < -0.3 is 10.8 Å². The van der Waals surface area contributed by atoms with Gasteiger partial charge in [0.1, 0.15) is 11.4 Å². The van der Waals surface area contributed by atoms with Gasteiger partial charge in [0.05, 0.1) is 5.02 Å². The van der Waals surface area contributed by atoms with Gasteiger partial charge in [-0.05, 0) is 24.5 Å². The van der Waals surface area contributed by atoms with E-state index >= 15 is 0 Å². The van der Waals surface area contributed by atoms with Crippen molar-refractivity contribution < 1.29 is 10.1 Å². The molecule has 0 aliphatic carbocycles. The van der Waals surface area contributed by atoms with Crippen LogP contribution in [0, 0.1) is 0 Å². The molecule has 0 spiro atoms. The Balaban J connectivity index is 2.77. The summed E-state index contributed by atoms with van der Waals surface area (Å²) in [5.74, 6) is -0.00808. The number of rotatable bonds is 1. The minimum Gasteiger partial charge on any atom is -0.506 e. The van der Waals surface area contributed by atoms with Gasteiger partial charge in [-0.2, -0.15) is 0 Å². The number of phenols is 1. The fourth-order valence-electron chi connectivity index (χ4n) is 0.843. The van der Waals surface area contributed by atoms with Crippen LogP contribution in [0.4, 0.5) is 5.69 Å². The molecule has 4 N–H and O–H groups in total. The molecule has 1 aromatic rings. The van der Waals surface area contributed by atoms with Crippen molar-refractivity contribution in [3.05, 3.63) is 23.2 Å². The SMILES string of the molecule is CSC(N)=[NH+]C(=S)N=Nc1ccc(O)c(Cl)c1. The fraction of sp³-hybridized carbons (Fsp3) is 0.111. The highest BCUT2D eigenvalue weighted by atomic mass is 35.5. The number of hydrogen-bond donors (Lipinski definition) is 3. The minimum atomic E-state index is -0.00808. The number of phenolic OH excluding ortho intramolecular Hbond substituents is 1. The predicted octanol–water partition coefficient (Wildman–Crippen LogP) is 1.17. The van der Waals surface area contributed by atoms with Crippen molar-refractivity contribution in [2.24, 2.45) is 16.0 Å². The molecule has 0 fully saturated rings. The number of hydrogen-bond acceptors (Lipinski definition) is 4. The van der Waals surface area contributed by atoms with Crippen LogP contribution in [-0.2, 0) is 0 Å². The van der Waals surface area contributed by atoms with E-state index in [1.54, 1.807) is 6.07 Å². The number of thiocarbonyl (C=S) groups is 1. The van der Waals surface area contributed by atoms with Gasteiger partial charge in [-0.25, -0.2) is 4.99 Å². The van der Waals surface area contributed by atoms with E-state index in [2.05, 4.69) is 15.2 Å². The van der Waals surface area contributed by atoms with Crippen molar-refractivity contribution in [1.82, 2.24) is 0 Å². The molecule has 5 nitrogen and oxygen atoms in total. The van der Waals surface area contributed by atoms with E-state index < -0.39 is 0 Å². The maximum absolute atomic E-state index is 9.21. The second-order valence-electron chi connectivity index (χ2n) is 2.83. The predicted molar refractivity (Wildman–Crippen MR) is 73.9 cm³/mol. The molecule has 90 valence electrons. The number of amidine groups is 1. The molecule has 0 radical (unpaired) electrons. The second kappa shape index (κ2) is 6.53. The lowest BCUT2D eigenvalue weighted by Gasteiger charge is -1.94. The van der Waals surface area contributed by atoms with E-state index in [4.69, 9.17) is 29.6 Å². The molecular weight excluding hydrogens is 280 g/mol. The van der Waals surface area contributed by atoms with Crippen LogP contribution in [0.15, 0.2) is 28.4 Å². The first-order valence-corrected chi connectivity index (χ1v) is 6.41. The molecule has 0 heterocycles. The average Bonchev–Trinajstić information content (AvgIpc) is 2.30. The summed E-state index contributed by atoms with van der Waals surface area (Å²) in [6.07, 6.45) is 1.81. The van der Waals surface area contributed by atoms with Crippen LogP contribution in [0.3, 0.4) is 0 Å². The van der Waals surface area contributed by atoms with E-state index in [9.17, 15) is 5.11 Å². The molecule has 0 saturated heterocycles. The van der Waals surface area contributed by atoms with Gasteiger partial charge in [-0.15, -0.1) is 0 Å². The smallest absolute Gasteiger partial charge is 0.353 e. The first-order valence-electron chi connectivity index (χ1n) is 4.40. The monoisotopic (exact) mass is 289 g/mol. The van der Waals surface area contributed by atoms with Gasteiger partial charge in [0.25, 0.3) is 5.17 Å². The molecule has 0 amide bonds. The normalized spacial score (nSPS) is 12.0. The van der Waals surface area contributed by atoms with Crippen LogP contribution >= 0.6 is 35.6 Å². The summed E-state index contributed by atoms with van der Waals surface area (Å²) in [6.45, 7) is 0. The minimum absolute atomic E-state index is 0.00808. The maximum Gasteiger partial charge on any atom is 0.353 e. The van der Waals surface area contributed by atoms with Crippen LogP contribution < -0.4 is 10.7 Å². The number of azo groups is 1. The molecular formula is C9H10ClN4OS2+. The summed E-state index contributed by atoms with van der Waals surface area (Å²) < 4.78 is 0. The summed E-state index contributed by atoms with van der Waals surface area (Å²) in [7, 11) is 0. The molecule has 17 heavy (non-hydrogen) atoms. The van der Waals surface area contributed by atoms with Gasteiger partial charge in [-0.3, -0.25) is 0 Å². The first kappa shape index (κ1) is 13.9. The largest absolute Gasteiger partial charge is 0.506 e. The third-order valence-electron chi connectivity index (χ3n) is 1.64. The Kier molecular flexibility index (Phi) is 5.33. The lowest BCUT2D eigenvalue weighted by atomic mass is 10.3. The van der Waals surface area contributed by atoms with Crippen molar-refractivity contribution in [2.75, 3.05) is 6.26 Å². The highest BCUT2D eigenvalue weighted by molar-refractivity contribution is 8.12. The molecule has 0 atom stereocenters. The quantitative estimate of drug-likeness (QED) is 0.314. The highest BCUT2D eigenvalue weighted by Crippen LogP contribution is 2.27. The van der Waals surface area contributed by atoms with E-state index in [1.165, 1.54) is 23.9 Å². The highest BCUT2D eigenvalue weighted by Gasteiger charge is 2.02. The summed E-state index contributed by atoms with van der Waals surface area (Å²) in [4.78, 5) is 2.67. The standard InChI is InChI=1S/C9H9ClN4OS2/c1-17-8(11)12-9(16)14-13-5-2-3-7(15)6(10)4-5/h2-4,15H,1H3,(H2,11,12,16)/p+1. The number of halogens is 1. The molecule has 1 aromatic carbocycles. The number of benzene rings is 1. The molecule has 0 aliphatic rings. The lowest BCUT2D eigenvalue weighted by molar-refractivity contribution is -0.310. The average molecular weight is 290 g/mol. The Morgan fingerprint density at radius 1 is 1.59 bits per heavy atom. The Hall–Kier alpha value is -1.18. The van der Waals surface area contributed by atoms with E-state index in [0.717, 1.165) is 0 Å². The number of aromatic hydroxyl groups is 1. The van der Waals surface area contributed by atoms with Crippen molar-refractivity contribution in [2.45, 2.75) is 0 Å². The molecule has 0 unspecified atom stereocenters. The number of nitrogens with two attached hydrogens (primary N) is 1. The molecule has 0 aromatic heterocycles. The number of nitrogens with zero attached hydrogens (tertiary/aromatic N) is 2. The van der Waals surface area contributed by atoms with Crippen LogP contribution in [0.25, 0.3) is 0 Å². The first-order chi connectivity index (χ1) is 8.02. The Labute approximate surface area is 113 Å². The summed E-state index contributed by atoms with van der Waals surface area (Å²) in [5, 5.41) is 17.6. The van der Waals surface area contributed by atoms with Gasteiger partial charge in [0, 0.05) is 17.3 Å². The molecule has 0 bridgehead atoms. The zero-order valence-corrected chi connectivity index (χ0v) is 11.2. The van der Waals surface area contributed by atoms with Crippen molar-refractivity contribution in [1.29, 1.82) is 0 Å². The molecule has 0 aliphatic heterocycles. The van der Waals surface area contributed by atoms with Gasteiger partial charge >= 0.3 is 5.11 Å². The Morgan fingerprint density at radius 2 is 2.29 bits per heavy atom. The summed E-state index contributed by atoms with van der Waals surface area (Å²) >= 11 is 11.9. The van der Waals surface area contributed by atoms with Crippen molar-refractivity contribution in [3.8, 4) is 5.75 Å². The van der Waals surface area contributed by atoms with E-state index in [1.807, 2.05) is 6.26 Å². The Bertz CT molecular complexity index is 490. The molecule has 0 saturated carbocycles. The zero-order valence-electron chi connectivity index (χ0n) is 8.85. The molecule has 1 rings (SSSR count). The third kappa shape index (κ3) is 4.68. The third-order valence-corrected chi connectivity index (χ3v) is 2.67. The fourth-order valence-corrected chi connectivity index (χ4v) is 1.43. The number of thioether (sulfide) groups is 1. The zero-order chi connectivity index (χ0) is 12.8. The number of nitrogens with one attached hydrogen (secondary N) is 1. The van der Waals surface area contributed by atoms with Crippen molar-refractivity contribution in [3.63, 3.8) is 0 Å². The van der Waals surface area contributed by atoms with Crippen molar-refractivity contribution >= 4 is 51.5 Å². The van der Waals surface area contributed by atoms with E-state index in [0.29, 0.717) is 10.9 Å². The lowest BCUT2D eigenvalue weighted by Crippen LogP contribution is -2.77. The molecule has 8 heteroatoms. The van der Waals surface area contributed by atoms with Gasteiger partial charge in [0.15, 0.2) is 0 Å².